The Kier molecular flexibility index (Phi) is 4.17. The van der Waals surface area contributed by atoms with Gasteiger partial charge < -0.3 is 0 Å². The van der Waals surface area contributed by atoms with Gasteiger partial charge in [-0.05, 0) is 18.2 Å². The van der Waals surface area contributed by atoms with Gasteiger partial charge >= 0.3 is 0 Å². The molecule has 7 nitrogen and oxygen atoms in total. The lowest BCUT2D eigenvalue weighted by Gasteiger charge is -2.08. The maximum absolute atomic E-state index is 12.1. The predicted octanol–water partition coefficient (Wildman–Crippen LogP) is 1.33. The van der Waals surface area contributed by atoms with Gasteiger partial charge in [0, 0.05) is 18.6 Å². The van der Waals surface area contributed by atoms with E-state index in [1.807, 2.05) is 0 Å². The number of anilines is 1. The molecular weight excluding hydrogens is 338 g/mol. The molecule has 0 aliphatic rings. The number of sulfonamides is 1. The number of halogens is 1. The third-order valence-electron chi connectivity index (χ3n) is 2.39. The van der Waals surface area contributed by atoms with Gasteiger partial charge in [0.05, 0.1) is 16.9 Å². The Bertz CT molecular complexity index is 865. The van der Waals surface area contributed by atoms with E-state index in [1.54, 1.807) is 0 Å². The van der Waals surface area contributed by atoms with Crippen molar-refractivity contribution in [2.75, 3.05) is 11.0 Å². The molecule has 0 aromatic carbocycles. The third-order valence-corrected chi connectivity index (χ3v) is 5.24. The molecule has 0 bridgehead atoms. The standard InChI is InChI=1S/C11H10ClN3O4S2/c1-20(16,17)11-3-2-8(6-14-11)15-21(18,19)10-7-13-5-4-9(10)12/h2-7,15H,1H3. The summed E-state index contributed by atoms with van der Waals surface area (Å²) in [5.41, 5.74) is 0.113. The fraction of sp³-hybridized carbons (Fsp3) is 0.0909. The van der Waals surface area contributed by atoms with E-state index in [1.165, 1.54) is 24.4 Å². The van der Waals surface area contributed by atoms with Crippen LogP contribution in [0.1, 0.15) is 0 Å². The quantitative estimate of drug-likeness (QED) is 0.894. The summed E-state index contributed by atoms with van der Waals surface area (Å²) in [5, 5.41) is -0.122. The molecule has 21 heavy (non-hydrogen) atoms. The molecule has 0 saturated heterocycles. The number of rotatable bonds is 4. The van der Waals surface area contributed by atoms with E-state index < -0.39 is 19.9 Å². The van der Waals surface area contributed by atoms with Crippen LogP contribution in [0.15, 0.2) is 46.7 Å². The molecule has 0 fully saturated rings. The molecule has 0 radical (unpaired) electrons. The first-order valence-corrected chi connectivity index (χ1v) is 9.24. The van der Waals surface area contributed by atoms with Crippen LogP contribution in [0.25, 0.3) is 0 Å². The van der Waals surface area contributed by atoms with Crippen LogP contribution in [0.3, 0.4) is 0 Å². The molecule has 2 heterocycles. The van der Waals surface area contributed by atoms with Gasteiger partial charge in [-0.3, -0.25) is 9.71 Å². The zero-order chi connectivity index (χ0) is 15.7. The van der Waals surface area contributed by atoms with Crippen LogP contribution in [-0.4, -0.2) is 33.1 Å². The molecule has 2 aromatic heterocycles. The van der Waals surface area contributed by atoms with Gasteiger partial charge in [0.25, 0.3) is 10.0 Å². The molecule has 0 amide bonds. The Morgan fingerprint density at radius 1 is 1.10 bits per heavy atom. The van der Waals surface area contributed by atoms with Crippen molar-refractivity contribution < 1.29 is 16.8 Å². The van der Waals surface area contributed by atoms with Crippen LogP contribution < -0.4 is 4.72 Å². The molecule has 0 unspecified atom stereocenters. The molecule has 0 atom stereocenters. The molecule has 0 aliphatic carbocycles. The van der Waals surface area contributed by atoms with E-state index >= 15 is 0 Å². The summed E-state index contributed by atoms with van der Waals surface area (Å²) >= 11 is 5.81. The maximum Gasteiger partial charge on any atom is 0.264 e. The average Bonchev–Trinajstić information content (AvgIpc) is 2.38. The summed E-state index contributed by atoms with van der Waals surface area (Å²) in [7, 11) is -7.37. The lowest BCUT2D eigenvalue weighted by molar-refractivity contribution is 0.598. The molecule has 0 spiro atoms. The number of nitrogens with zero attached hydrogens (tertiary/aromatic N) is 2. The van der Waals surface area contributed by atoms with Gasteiger partial charge in [-0.25, -0.2) is 21.8 Å². The highest BCUT2D eigenvalue weighted by molar-refractivity contribution is 7.92. The molecular formula is C11H10ClN3O4S2. The lowest BCUT2D eigenvalue weighted by atomic mass is 10.4. The minimum Gasteiger partial charge on any atom is -0.278 e. The average molecular weight is 348 g/mol. The van der Waals surface area contributed by atoms with Gasteiger partial charge in [-0.1, -0.05) is 11.6 Å². The molecule has 0 aliphatic heterocycles. The zero-order valence-corrected chi connectivity index (χ0v) is 13.1. The van der Waals surface area contributed by atoms with Gasteiger partial charge in [-0.2, -0.15) is 0 Å². The van der Waals surface area contributed by atoms with Gasteiger partial charge in [0.1, 0.15) is 4.90 Å². The van der Waals surface area contributed by atoms with E-state index in [-0.39, 0.29) is 20.6 Å². The lowest BCUT2D eigenvalue weighted by Crippen LogP contribution is -2.14. The Morgan fingerprint density at radius 2 is 1.81 bits per heavy atom. The second kappa shape index (κ2) is 5.58. The highest BCUT2D eigenvalue weighted by Gasteiger charge is 2.18. The number of hydrogen-bond acceptors (Lipinski definition) is 6. The normalized spacial score (nSPS) is 12.1. The number of nitrogens with one attached hydrogen (secondary N) is 1. The van der Waals surface area contributed by atoms with E-state index in [0.717, 1.165) is 18.6 Å². The summed E-state index contributed by atoms with van der Waals surface area (Å²) < 4.78 is 49.0. The summed E-state index contributed by atoms with van der Waals surface area (Å²) in [6.07, 6.45) is 4.60. The number of aromatic nitrogens is 2. The minimum absolute atomic E-state index is 0.0261. The van der Waals surface area contributed by atoms with Crippen molar-refractivity contribution in [2.24, 2.45) is 0 Å². The van der Waals surface area contributed by atoms with Crippen molar-refractivity contribution in [3.05, 3.63) is 41.8 Å². The van der Waals surface area contributed by atoms with Crippen LogP contribution in [0.2, 0.25) is 5.02 Å². The first-order chi connectivity index (χ1) is 9.70. The molecule has 2 aromatic rings. The second-order valence-corrected chi connectivity index (χ2v) is 8.09. The van der Waals surface area contributed by atoms with Crippen LogP contribution in [0.5, 0.6) is 0 Å². The second-order valence-electron chi connectivity index (χ2n) is 4.07. The molecule has 112 valence electrons. The Morgan fingerprint density at radius 3 is 2.33 bits per heavy atom. The van der Waals surface area contributed by atoms with Gasteiger partial charge in [0.2, 0.25) is 0 Å². The van der Waals surface area contributed by atoms with Crippen molar-refractivity contribution in [2.45, 2.75) is 9.92 Å². The molecule has 10 heteroatoms. The Labute approximate surface area is 127 Å². The summed E-state index contributed by atoms with van der Waals surface area (Å²) in [6, 6.07) is 3.85. The van der Waals surface area contributed by atoms with Crippen molar-refractivity contribution in [3.8, 4) is 0 Å². The SMILES string of the molecule is CS(=O)(=O)c1ccc(NS(=O)(=O)c2cnccc2Cl)cn1. The minimum atomic E-state index is -3.93. The first kappa shape index (κ1) is 15.7. The Hall–Kier alpha value is -1.71. The number of pyridine rings is 2. The molecule has 1 N–H and O–H groups in total. The van der Waals surface area contributed by atoms with Crippen LogP contribution in [0, 0.1) is 0 Å². The highest BCUT2D eigenvalue weighted by atomic mass is 35.5. The van der Waals surface area contributed by atoms with Crippen LogP contribution >= 0.6 is 11.6 Å². The van der Waals surface area contributed by atoms with E-state index in [4.69, 9.17) is 11.6 Å². The predicted molar refractivity (Wildman–Crippen MR) is 77.4 cm³/mol. The van der Waals surface area contributed by atoms with Crippen LogP contribution in [-0.2, 0) is 19.9 Å². The van der Waals surface area contributed by atoms with Crippen LogP contribution in [0.4, 0.5) is 5.69 Å². The fourth-order valence-electron chi connectivity index (χ4n) is 1.43. The van der Waals surface area contributed by atoms with Crippen molar-refractivity contribution >= 4 is 37.1 Å². The Balaban J connectivity index is 2.32. The topological polar surface area (TPSA) is 106 Å². The van der Waals surface area contributed by atoms with Crippen molar-refractivity contribution in [1.82, 2.24) is 9.97 Å². The van der Waals surface area contributed by atoms with E-state index in [9.17, 15) is 16.8 Å². The summed E-state index contributed by atoms with van der Waals surface area (Å²) in [5.74, 6) is 0. The van der Waals surface area contributed by atoms with Crippen molar-refractivity contribution in [3.63, 3.8) is 0 Å². The first-order valence-electron chi connectivity index (χ1n) is 5.48. The molecule has 0 saturated carbocycles. The van der Waals surface area contributed by atoms with E-state index in [2.05, 4.69) is 14.7 Å². The largest absolute Gasteiger partial charge is 0.278 e. The zero-order valence-electron chi connectivity index (χ0n) is 10.7. The fourth-order valence-corrected chi connectivity index (χ4v) is 3.47. The molecule has 2 rings (SSSR count). The van der Waals surface area contributed by atoms with E-state index in [0.29, 0.717) is 0 Å². The maximum atomic E-state index is 12.1. The summed E-state index contributed by atoms with van der Waals surface area (Å²) in [4.78, 5) is 7.21. The smallest absolute Gasteiger partial charge is 0.264 e. The van der Waals surface area contributed by atoms with Crippen molar-refractivity contribution in [1.29, 1.82) is 0 Å². The number of hydrogen-bond donors (Lipinski definition) is 1. The monoisotopic (exact) mass is 347 g/mol. The van der Waals surface area contributed by atoms with Gasteiger partial charge in [-0.15, -0.1) is 0 Å². The highest BCUT2D eigenvalue weighted by Crippen LogP contribution is 2.22. The summed E-state index contributed by atoms with van der Waals surface area (Å²) in [6.45, 7) is 0. The van der Waals surface area contributed by atoms with Gasteiger partial charge in [0.15, 0.2) is 14.9 Å². The third kappa shape index (κ3) is 3.69. The number of sulfone groups is 1.